The molecule has 0 aliphatic carbocycles. The van der Waals surface area contributed by atoms with Crippen LogP contribution >= 0.6 is 0 Å². The molecule has 1 aromatic carbocycles. The maximum atomic E-state index is 13.3. The van der Waals surface area contributed by atoms with Crippen LogP contribution in [0.4, 0.5) is 14.5 Å². The predicted octanol–water partition coefficient (Wildman–Crippen LogP) is -0.221. The molecule has 0 aliphatic rings. The van der Waals surface area contributed by atoms with Crippen molar-refractivity contribution in [2.75, 3.05) is 25.5 Å². The molecule has 6 nitrogen and oxygen atoms in total. The van der Waals surface area contributed by atoms with Gasteiger partial charge in [0.1, 0.15) is 18.2 Å². The lowest BCUT2D eigenvalue weighted by Crippen LogP contribution is -2.29. The molecule has 0 bridgehead atoms. The van der Waals surface area contributed by atoms with Crippen LogP contribution in [0.25, 0.3) is 0 Å². The Morgan fingerprint density at radius 2 is 1.95 bits per heavy atom. The van der Waals surface area contributed by atoms with E-state index in [1.807, 2.05) is 0 Å². The number of rotatable bonds is 6. The summed E-state index contributed by atoms with van der Waals surface area (Å²) in [6.07, 6.45) is 0. The highest BCUT2D eigenvalue weighted by molar-refractivity contribution is 5.95. The number of halogens is 2. The second-order valence-corrected chi connectivity index (χ2v) is 3.63. The number of hydrogen-bond acceptors (Lipinski definition) is 4. The summed E-state index contributed by atoms with van der Waals surface area (Å²) < 4.78 is 31.0. The van der Waals surface area contributed by atoms with Gasteiger partial charge in [0.05, 0.1) is 17.9 Å². The first kappa shape index (κ1) is 14.8. The molecule has 0 saturated heterocycles. The van der Waals surface area contributed by atoms with Crippen molar-refractivity contribution in [3.63, 3.8) is 0 Å². The number of ether oxygens (including phenoxy) is 1. The number of amides is 2. The van der Waals surface area contributed by atoms with Gasteiger partial charge in [-0.3, -0.25) is 9.59 Å². The molecular formula is C11H13F2N3O3. The molecule has 0 radical (unpaired) electrons. The fourth-order valence-electron chi connectivity index (χ4n) is 1.24. The third-order valence-electron chi connectivity index (χ3n) is 2.11. The van der Waals surface area contributed by atoms with Gasteiger partial charge in [-0.2, -0.15) is 0 Å². The zero-order chi connectivity index (χ0) is 14.4. The molecule has 0 saturated carbocycles. The number of nitrogens with two attached hydrogens (primary N) is 2. The van der Waals surface area contributed by atoms with Crippen LogP contribution in [0.1, 0.15) is 10.4 Å². The first-order valence-electron chi connectivity index (χ1n) is 5.30. The molecule has 0 atom stereocenters. The first-order chi connectivity index (χ1) is 8.91. The largest absolute Gasteiger partial charge is 0.396 e. The minimum Gasteiger partial charge on any atom is -0.396 e. The minimum atomic E-state index is -1.01. The zero-order valence-corrected chi connectivity index (χ0v) is 9.91. The Bertz CT molecular complexity index is 494. The third-order valence-corrected chi connectivity index (χ3v) is 2.11. The molecule has 8 heteroatoms. The zero-order valence-electron chi connectivity index (χ0n) is 9.91. The molecule has 0 aromatic heterocycles. The predicted molar refractivity (Wildman–Crippen MR) is 63.1 cm³/mol. The number of nitrogens with one attached hydrogen (secondary N) is 1. The topological polar surface area (TPSA) is 107 Å². The lowest BCUT2D eigenvalue weighted by Gasteiger charge is -2.07. The van der Waals surface area contributed by atoms with Crippen LogP contribution in [-0.4, -0.2) is 31.6 Å². The van der Waals surface area contributed by atoms with E-state index in [9.17, 15) is 18.4 Å². The Balaban J connectivity index is 2.50. The van der Waals surface area contributed by atoms with Gasteiger partial charge in [0, 0.05) is 12.6 Å². The van der Waals surface area contributed by atoms with E-state index in [2.05, 4.69) is 5.32 Å². The number of anilines is 1. The van der Waals surface area contributed by atoms with E-state index in [1.165, 1.54) is 0 Å². The van der Waals surface area contributed by atoms with Gasteiger partial charge < -0.3 is 21.5 Å². The minimum absolute atomic E-state index is 0.0347. The van der Waals surface area contributed by atoms with E-state index >= 15 is 0 Å². The highest BCUT2D eigenvalue weighted by atomic mass is 19.1. The van der Waals surface area contributed by atoms with Crippen LogP contribution in [0, 0.1) is 11.6 Å². The summed E-state index contributed by atoms with van der Waals surface area (Å²) in [5.74, 6) is -3.34. The third kappa shape index (κ3) is 4.51. The second kappa shape index (κ2) is 6.64. The molecule has 0 fully saturated rings. The first-order valence-corrected chi connectivity index (χ1v) is 5.30. The van der Waals surface area contributed by atoms with Crippen molar-refractivity contribution in [2.24, 2.45) is 5.73 Å². The van der Waals surface area contributed by atoms with Crippen LogP contribution in [0.3, 0.4) is 0 Å². The summed E-state index contributed by atoms with van der Waals surface area (Å²) in [6.45, 7) is -0.191. The summed E-state index contributed by atoms with van der Waals surface area (Å²) >= 11 is 0. The lowest BCUT2D eigenvalue weighted by atomic mass is 10.1. The van der Waals surface area contributed by atoms with Gasteiger partial charge in [0.2, 0.25) is 5.91 Å². The van der Waals surface area contributed by atoms with Crippen LogP contribution in [0.2, 0.25) is 0 Å². The van der Waals surface area contributed by atoms with E-state index in [0.29, 0.717) is 6.07 Å². The molecule has 104 valence electrons. The fourth-order valence-corrected chi connectivity index (χ4v) is 1.24. The molecular weight excluding hydrogens is 260 g/mol. The Morgan fingerprint density at radius 3 is 2.58 bits per heavy atom. The van der Waals surface area contributed by atoms with Crippen molar-refractivity contribution in [2.45, 2.75) is 0 Å². The Labute approximate surface area is 107 Å². The summed E-state index contributed by atoms with van der Waals surface area (Å²) in [5.41, 5.74) is 9.38. The van der Waals surface area contributed by atoms with Crippen molar-refractivity contribution in [3.8, 4) is 0 Å². The van der Waals surface area contributed by atoms with E-state index in [-0.39, 0.29) is 31.0 Å². The molecule has 1 aromatic rings. The van der Waals surface area contributed by atoms with Crippen LogP contribution < -0.4 is 16.8 Å². The van der Waals surface area contributed by atoms with Crippen molar-refractivity contribution in [1.82, 2.24) is 5.32 Å². The lowest BCUT2D eigenvalue weighted by molar-refractivity contribution is -0.122. The highest BCUT2D eigenvalue weighted by Gasteiger charge is 2.14. The monoisotopic (exact) mass is 273 g/mol. The number of primary amides is 1. The maximum absolute atomic E-state index is 13.3. The Kier molecular flexibility index (Phi) is 5.19. The Hall–Kier alpha value is -2.22. The van der Waals surface area contributed by atoms with E-state index in [4.69, 9.17) is 16.2 Å². The van der Waals surface area contributed by atoms with Gasteiger partial charge in [-0.05, 0) is 6.07 Å². The molecule has 0 unspecified atom stereocenters. The van der Waals surface area contributed by atoms with Crippen LogP contribution in [-0.2, 0) is 9.53 Å². The smallest absolute Gasteiger partial charge is 0.254 e. The summed E-state index contributed by atoms with van der Waals surface area (Å²) in [5, 5.41) is 2.33. The van der Waals surface area contributed by atoms with Crippen LogP contribution in [0.15, 0.2) is 12.1 Å². The number of carbonyl (C=O) groups excluding carboxylic acids is 2. The summed E-state index contributed by atoms with van der Waals surface area (Å²) in [4.78, 5) is 21.9. The average molecular weight is 273 g/mol. The van der Waals surface area contributed by atoms with E-state index in [1.54, 1.807) is 0 Å². The molecule has 1 rings (SSSR count). The molecule has 0 spiro atoms. The van der Waals surface area contributed by atoms with Crippen LogP contribution in [0.5, 0.6) is 0 Å². The quantitative estimate of drug-likeness (QED) is 0.492. The number of hydrogen-bond donors (Lipinski definition) is 3. The SMILES string of the molecule is NC(=O)COCCNC(=O)c1cc(N)c(F)cc1F. The average Bonchev–Trinajstić information content (AvgIpc) is 2.32. The van der Waals surface area contributed by atoms with Gasteiger partial charge in [-0.1, -0.05) is 0 Å². The van der Waals surface area contributed by atoms with Crippen molar-refractivity contribution >= 4 is 17.5 Å². The van der Waals surface area contributed by atoms with Crippen molar-refractivity contribution < 1.29 is 23.1 Å². The summed E-state index contributed by atoms with van der Waals surface area (Å²) in [7, 11) is 0. The summed E-state index contributed by atoms with van der Waals surface area (Å²) in [6, 6.07) is 1.44. The van der Waals surface area contributed by atoms with Gasteiger partial charge >= 0.3 is 0 Å². The second-order valence-electron chi connectivity index (χ2n) is 3.63. The number of carbonyl (C=O) groups is 2. The molecule has 2 amide bonds. The Morgan fingerprint density at radius 1 is 1.26 bits per heavy atom. The fraction of sp³-hybridized carbons (Fsp3) is 0.273. The van der Waals surface area contributed by atoms with E-state index in [0.717, 1.165) is 6.07 Å². The van der Waals surface area contributed by atoms with Gasteiger partial charge in [0.25, 0.3) is 5.91 Å². The highest BCUT2D eigenvalue weighted by Crippen LogP contribution is 2.16. The molecule has 0 aliphatic heterocycles. The normalized spacial score (nSPS) is 10.2. The van der Waals surface area contributed by atoms with Crippen molar-refractivity contribution in [3.05, 3.63) is 29.3 Å². The molecule has 5 N–H and O–H groups in total. The van der Waals surface area contributed by atoms with Gasteiger partial charge in [0.15, 0.2) is 0 Å². The number of benzene rings is 1. The van der Waals surface area contributed by atoms with E-state index < -0.39 is 23.4 Å². The van der Waals surface area contributed by atoms with Gasteiger partial charge in [-0.15, -0.1) is 0 Å². The molecule has 19 heavy (non-hydrogen) atoms. The maximum Gasteiger partial charge on any atom is 0.254 e. The van der Waals surface area contributed by atoms with Gasteiger partial charge in [-0.25, -0.2) is 8.78 Å². The standard InChI is InChI=1S/C11H13F2N3O3/c12-7-4-8(13)9(14)3-6(7)11(18)16-1-2-19-5-10(15)17/h3-4H,1-2,5,14H2,(H2,15,17)(H,16,18). The van der Waals surface area contributed by atoms with Crippen molar-refractivity contribution in [1.29, 1.82) is 0 Å². The number of nitrogen functional groups attached to an aromatic ring is 1. The molecule has 0 heterocycles.